The molecule has 0 unspecified atom stereocenters. The van der Waals surface area contributed by atoms with Gasteiger partial charge in [0.15, 0.2) is 0 Å². The summed E-state index contributed by atoms with van der Waals surface area (Å²) in [6.45, 7) is 1.55. The average Bonchev–Trinajstić information content (AvgIpc) is 3.00. The van der Waals surface area contributed by atoms with Crippen LogP contribution < -0.4 is 5.32 Å². The Hall–Kier alpha value is -3.07. The number of pyridine rings is 1. The van der Waals surface area contributed by atoms with Gasteiger partial charge >= 0.3 is 12.1 Å². The number of carbonyl (C=O) groups is 2. The van der Waals surface area contributed by atoms with E-state index in [1.165, 1.54) is 6.07 Å². The molecule has 2 heterocycles. The van der Waals surface area contributed by atoms with Crippen LogP contribution in [0.4, 0.5) is 19.3 Å². The quantitative estimate of drug-likeness (QED) is 0.639. The molecule has 1 amide bonds. The van der Waals surface area contributed by atoms with Crippen LogP contribution in [0.15, 0.2) is 36.4 Å². The number of nitrogens with one attached hydrogen (secondary N) is 1. The lowest BCUT2D eigenvalue weighted by Crippen LogP contribution is -2.15. The molecule has 0 spiro atoms. The Bertz CT molecular complexity index is 1010. The van der Waals surface area contributed by atoms with Crippen molar-refractivity contribution >= 4 is 39.3 Å². The third-order valence-corrected chi connectivity index (χ3v) is 4.81. The van der Waals surface area contributed by atoms with Crippen LogP contribution in [0.3, 0.4) is 0 Å². The summed E-state index contributed by atoms with van der Waals surface area (Å²) < 4.78 is 31.0. The third kappa shape index (κ3) is 4.03. The van der Waals surface area contributed by atoms with Gasteiger partial charge in [0.05, 0.1) is 5.69 Å². The molecule has 0 atom stereocenters. The van der Waals surface area contributed by atoms with Gasteiger partial charge in [0, 0.05) is 5.39 Å². The van der Waals surface area contributed by atoms with Gasteiger partial charge in [0.25, 0.3) is 6.43 Å². The zero-order valence-electron chi connectivity index (χ0n) is 14.0. The summed E-state index contributed by atoms with van der Waals surface area (Å²) in [7, 11) is 0. The van der Waals surface area contributed by atoms with Crippen LogP contribution in [0.1, 0.15) is 32.9 Å². The van der Waals surface area contributed by atoms with E-state index >= 15 is 0 Å². The van der Waals surface area contributed by atoms with Crippen LogP contribution in [0.2, 0.25) is 0 Å². The van der Waals surface area contributed by atoms with Crippen LogP contribution in [0.25, 0.3) is 10.2 Å². The number of benzene rings is 1. The summed E-state index contributed by atoms with van der Waals surface area (Å²) in [4.78, 5) is 27.4. The third-order valence-electron chi connectivity index (χ3n) is 3.74. The molecule has 0 radical (unpaired) electrons. The van der Waals surface area contributed by atoms with Crippen LogP contribution in [-0.4, -0.2) is 22.2 Å². The molecule has 27 heavy (non-hydrogen) atoms. The molecule has 2 aromatic heterocycles. The molecule has 2 N–H and O–H groups in total. The summed E-state index contributed by atoms with van der Waals surface area (Å²) in [6, 6.07) is 10.1. The molecule has 6 nitrogen and oxygen atoms in total. The number of fused-ring (bicyclic) bond motifs is 1. The molecule has 3 aromatic rings. The van der Waals surface area contributed by atoms with E-state index in [4.69, 9.17) is 4.74 Å². The first-order chi connectivity index (χ1) is 12.9. The van der Waals surface area contributed by atoms with Gasteiger partial charge in [0.1, 0.15) is 22.0 Å². The van der Waals surface area contributed by atoms with Crippen molar-refractivity contribution in [3.8, 4) is 0 Å². The van der Waals surface area contributed by atoms with Crippen molar-refractivity contribution in [3.05, 3.63) is 58.1 Å². The minimum Gasteiger partial charge on any atom is -0.477 e. The molecule has 3 rings (SSSR count). The lowest BCUT2D eigenvalue weighted by Gasteiger charge is -2.09. The Labute approximate surface area is 156 Å². The first-order valence-electron chi connectivity index (χ1n) is 7.80. The molecule has 0 saturated heterocycles. The minimum atomic E-state index is -2.78. The molecule has 0 bridgehead atoms. The summed E-state index contributed by atoms with van der Waals surface area (Å²) in [5.74, 6) is -1.30. The smallest absolute Gasteiger partial charge is 0.412 e. The Morgan fingerprint density at radius 2 is 2.00 bits per heavy atom. The number of aromatic carboxylic acids is 1. The first kappa shape index (κ1) is 18.7. The van der Waals surface area contributed by atoms with E-state index in [0.29, 0.717) is 10.9 Å². The van der Waals surface area contributed by atoms with Crippen LogP contribution in [-0.2, 0) is 11.3 Å². The topological polar surface area (TPSA) is 88.5 Å². The maximum Gasteiger partial charge on any atom is 0.412 e. The molecule has 0 aliphatic heterocycles. The molecular weight excluding hydrogens is 378 g/mol. The zero-order chi connectivity index (χ0) is 19.6. The van der Waals surface area contributed by atoms with Crippen molar-refractivity contribution in [3.63, 3.8) is 0 Å². The predicted octanol–water partition coefficient (Wildman–Crippen LogP) is 4.99. The van der Waals surface area contributed by atoms with Crippen molar-refractivity contribution in [2.75, 3.05) is 5.32 Å². The van der Waals surface area contributed by atoms with E-state index in [2.05, 4.69) is 10.3 Å². The largest absolute Gasteiger partial charge is 0.477 e. The van der Waals surface area contributed by atoms with Gasteiger partial charge in [0.2, 0.25) is 0 Å². The van der Waals surface area contributed by atoms with Gasteiger partial charge in [-0.25, -0.2) is 23.4 Å². The number of thiophene rings is 1. The number of hydrogen-bond donors (Lipinski definition) is 2. The minimum absolute atomic E-state index is 0.00388. The second kappa shape index (κ2) is 7.67. The Morgan fingerprint density at radius 3 is 2.63 bits per heavy atom. The van der Waals surface area contributed by atoms with Crippen molar-refractivity contribution in [2.45, 2.75) is 20.0 Å². The summed E-state index contributed by atoms with van der Waals surface area (Å²) in [6.07, 6.45) is -3.63. The highest BCUT2D eigenvalue weighted by Crippen LogP contribution is 2.38. The van der Waals surface area contributed by atoms with Crippen LogP contribution >= 0.6 is 11.3 Å². The Morgan fingerprint density at radius 1 is 1.30 bits per heavy atom. The fourth-order valence-electron chi connectivity index (χ4n) is 2.55. The van der Waals surface area contributed by atoms with Crippen molar-refractivity contribution in [2.24, 2.45) is 0 Å². The summed E-state index contributed by atoms with van der Waals surface area (Å²) >= 11 is 0.720. The summed E-state index contributed by atoms with van der Waals surface area (Å²) in [5.41, 5.74) is 0.695. The standard InChI is InChI=1S/C18H14F2N2O4S/c1-9-7-11(15(19)20)21-16-12(9)13(14(27-16)17(23)24)22-18(25)26-8-10-5-3-2-4-6-10/h2-7,15H,8H2,1H3,(H,22,25)(H,23,24). The molecule has 0 saturated carbocycles. The Balaban J connectivity index is 1.91. The van der Waals surface area contributed by atoms with Crippen molar-refractivity contribution in [1.29, 1.82) is 0 Å². The predicted molar refractivity (Wildman–Crippen MR) is 96.5 cm³/mol. The van der Waals surface area contributed by atoms with Crippen molar-refractivity contribution in [1.82, 2.24) is 4.98 Å². The number of nitrogens with zero attached hydrogens (tertiary/aromatic N) is 1. The van der Waals surface area contributed by atoms with Gasteiger partial charge in [-0.05, 0) is 24.1 Å². The molecule has 0 aliphatic carbocycles. The van der Waals surface area contributed by atoms with E-state index in [0.717, 1.165) is 16.9 Å². The number of carboxylic acids is 1. The van der Waals surface area contributed by atoms with Gasteiger partial charge in [-0.1, -0.05) is 30.3 Å². The SMILES string of the molecule is Cc1cc(C(F)F)nc2sc(C(=O)O)c(NC(=O)OCc3ccccc3)c12. The van der Waals surface area contributed by atoms with Crippen molar-refractivity contribution < 1.29 is 28.2 Å². The number of rotatable bonds is 5. The second-order valence-corrected chi connectivity index (χ2v) is 6.64. The fraction of sp³-hybridized carbons (Fsp3) is 0.167. The van der Waals surface area contributed by atoms with Crippen LogP contribution in [0.5, 0.6) is 0 Å². The molecule has 9 heteroatoms. The monoisotopic (exact) mass is 392 g/mol. The van der Waals surface area contributed by atoms with E-state index in [1.807, 2.05) is 6.07 Å². The number of anilines is 1. The summed E-state index contributed by atoms with van der Waals surface area (Å²) in [5, 5.41) is 12.1. The van der Waals surface area contributed by atoms with Crippen LogP contribution in [0, 0.1) is 6.92 Å². The lowest BCUT2D eigenvalue weighted by atomic mass is 10.1. The van der Waals surface area contributed by atoms with E-state index in [-0.39, 0.29) is 22.0 Å². The highest BCUT2D eigenvalue weighted by molar-refractivity contribution is 7.21. The number of alkyl halides is 2. The van der Waals surface area contributed by atoms with Gasteiger partial charge in [-0.3, -0.25) is 5.32 Å². The first-order valence-corrected chi connectivity index (χ1v) is 8.61. The number of carboxylic acid groups (broad SMARTS) is 1. The highest BCUT2D eigenvalue weighted by atomic mass is 32.1. The maximum absolute atomic E-state index is 12.9. The molecular formula is C18H14F2N2O4S. The number of hydrogen-bond acceptors (Lipinski definition) is 5. The highest BCUT2D eigenvalue weighted by Gasteiger charge is 2.24. The zero-order valence-corrected chi connectivity index (χ0v) is 14.8. The van der Waals surface area contributed by atoms with Gasteiger partial charge in [-0.2, -0.15) is 0 Å². The lowest BCUT2D eigenvalue weighted by molar-refractivity contribution is 0.0703. The molecule has 140 valence electrons. The normalized spacial score (nSPS) is 11.0. The molecule has 1 aromatic carbocycles. The number of ether oxygens (including phenoxy) is 1. The number of aryl methyl sites for hydroxylation is 1. The Kier molecular flexibility index (Phi) is 5.31. The van der Waals surface area contributed by atoms with E-state index < -0.39 is 24.2 Å². The number of halogens is 2. The van der Waals surface area contributed by atoms with Gasteiger partial charge in [-0.15, -0.1) is 11.3 Å². The molecule has 0 fully saturated rings. The number of aromatic nitrogens is 1. The van der Waals surface area contributed by atoms with Gasteiger partial charge < -0.3 is 9.84 Å². The van der Waals surface area contributed by atoms with E-state index in [9.17, 15) is 23.5 Å². The molecule has 0 aliphatic rings. The number of amides is 1. The number of carbonyl (C=O) groups excluding carboxylic acids is 1. The average molecular weight is 392 g/mol. The van der Waals surface area contributed by atoms with E-state index in [1.54, 1.807) is 31.2 Å². The second-order valence-electron chi connectivity index (χ2n) is 5.64. The fourth-order valence-corrected chi connectivity index (χ4v) is 3.60. The maximum atomic E-state index is 12.9.